The number of fused-ring (bicyclic) bond motifs is 1. The Morgan fingerprint density at radius 2 is 1.95 bits per heavy atom. The lowest BCUT2D eigenvalue weighted by atomic mass is 9.78. The summed E-state index contributed by atoms with van der Waals surface area (Å²) in [6.45, 7) is 3.68. The van der Waals surface area contributed by atoms with Crippen molar-refractivity contribution in [3.05, 3.63) is 0 Å². The number of nitrogens with two attached hydrogens (primary N) is 1. The van der Waals surface area contributed by atoms with Gasteiger partial charge in [0.05, 0.1) is 6.61 Å². The van der Waals surface area contributed by atoms with Crippen LogP contribution in [0.25, 0.3) is 0 Å². The number of rotatable bonds is 4. The second kappa shape index (κ2) is 6.45. The largest absolute Gasteiger partial charge is 0.463 e. The first kappa shape index (κ1) is 14.4. The van der Waals surface area contributed by atoms with Gasteiger partial charge in [-0.25, -0.2) is 0 Å². The van der Waals surface area contributed by atoms with Crippen LogP contribution in [0.3, 0.4) is 0 Å². The molecule has 6 heteroatoms. The summed E-state index contributed by atoms with van der Waals surface area (Å²) in [5.74, 6) is 1.74. The molecule has 2 aliphatic rings. The predicted octanol–water partition coefficient (Wildman–Crippen LogP) is 2.40. The minimum Gasteiger partial charge on any atom is -0.463 e. The Bertz CT molecular complexity index is 479. The molecule has 1 saturated heterocycles. The first-order valence-electron chi connectivity index (χ1n) is 8.19. The summed E-state index contributed by atoms with van der Waals surface area (Å²) in [6.07, 6.45) is 8.70. The van der Waals surface area contributed by atoms with Crippen molar-refractivity contribution in [2.45, 2.75) is 57.9 Å². The highest BCUT2D eigenvalue weighted by Gasteiger charge is 2.34. The minimum atomic E-state index is 0.254. The van der Waals surface area contributed by atoms with Crippen LogP contribution in [0.4, 0.5) is 11.9 Å². The molecule has 0 unspecified atom stereocenters. The third kappa shape index (κ3) is 3.19. The average molecular weight is 291 g/mol. The van der Waals surface area contributed by atoms with E-state index in [4.69, 9.17) is 10.5 Å². The molecule has 1 aliphatic carbocycles. The van der Waals surface area contributed by atoms with Gasteiger partial charge in [-0.1, -0.05) is 19.8 Å². The fourth-order valence-corrected chi connectivity index (χ4v) is 3.62. The number of piperidine rings is 1. The standard InChI is InChI=1S/C15H25N5O/c1-2-10-21-15-18-13(16)17-14(19-15)20-9-5-7-11-6-3-4-8-12(11)20/h11-12H,2-10H2,1H3,(H2,16,17,18,19)/t11-,12-/m1/s1. The topological polar surface area (TPSA) is 77.2 Å². The normalized spacial score (nSPS) is 25.5. The summed E-state index contributed by atoms with van der Waals surface area (Å²) < 4.78 is 5.53. The van der Waals surface area contributed by atoms with E-state index in [9.17, 15) is 0 Å². The Morgan fingerprint density at radius 1 is 1.14 bits per heavy atom. The SMILES string of the molecule is CCCOc1nc(N)nc(N2CCC[C@H]3CCCC[C@H]32)n1. The fraction of sp³-hybridized carbons (Fsp3) is 0.800. The van der Waals surface area contributed by atoms with Crippen LogP contribution in [0.1, 0.15) is 51.9 Å². The third-order valence-electron chi connectivity index (χ3n) is 4.56. The lowest BCUT2D eigenvalue weighted by Crippen LogP contribution is -2.47. The molecule has 0 bridgehead atoms. The van der Waals surface area contributed by atoms with Gasteiger partial charge in [0.25, 0.3) is 0 Å². The molecular weight excluding hydrogens is 266 g/mol. The highest BCUT2D eigenvalue weighted by Crippen LogP contribution is 2.36. The summed E-state index contributed by atoms with van der Waals surface area (Å²) in [7, 11) is 0. The molecule has 1 aromatic heterocycles. The Balaban J connectivity index is 1.82. The average Bonchev–Trinajstić information content (AvgIpc) is 2.52. The molecular formula is C15H25N5O. The maximum atomic E-state index is 5.84. The molecule has 6 nitrogen and oxygen atoms in total. The zero-order chi connectivity index (χ0) is 14.7. The van der Waals surface area contributed by atoms with E-state index in [-0.39, 0.29) is 5.95 Å². The molecule has 0 amide bonds. The monoisotopic (exact) mass is 291 g/mol. The molecule has 0 spiro atoms. The van der Waals surface area contributed by atoms with E-state index in [2.05, 4.69) is 26.8 Å². The smallest absolute Gasteiger partial charge is 0.323 e. The van der Waals surface area contributed by atoms with Gasteiger partial charge in [0.1, 0.15) is 0 Å². The number of anilines is 2. The van der Waals surface area contributed by atoms with E-state index >= 15 is 0 Å². The van der Waals surface area contributed by atoms with E-state index in [1.165, 1.54) is 38.5 Å². The van der Waals surface area contributed by atoms with Crippen molar-refractivity contribution < 1.29 is 4.74 Å². The lowest BCUT2D eigenvalue weighted by molar-refractivity contribution is 0.240. The zero-order valence-corrected chi connectivity index (χ0v) is 12.8. The molecule has 1 saturated carbocycles. The number of nitrogen functional groups attached to an aromatic ring is 1. The summed E-state index contributed by atoms with van der Waals surface area (Å²) in [5.41, 5.74) is 5.84. The van der Waals surface area contributed by atoms with Crippen LogP contribution in [0, 0.1) is 5.92 Å². The first-order valence-corrected chi connectivity index (χ1v) is 8.19. The Morgan fingerprint density at radius 3 is 2.81 bits per heavy atom. The van der Waals surface area contributed by atoms with Crippen molar-refractivity contribution in [1.29, 1.82) is 0 Å². The number of hydrogen-bond acceptors (Lipinski definition) is 6. The quantitative estimate of drug-likeness (QED) is 0.918. The van der Waals surface area contributed by atoms with Gasteiger partial charge in [0.15, 0.2) is 0 Å². The maximum absolute atomic E-state index is 5.84. The second-order valence-electron chi connectivity index (χ2n) is 6.07. The molecule has 2 atom stereocenters. The van der Waals surface area contributed by atoms with Crippen LogP contribution in [-0.4, -0.2) is 34.1 Å². The molecule has 116 valence electrons. The van der Waals surface area contributed by atoms with Crippen molar-refractivity contribution in [3.8, 4) is 6.01 Å². The summed E-state index contributed by atoms with van der Waals surface area (Å²) in [5, 5.41) is 0. The molecule has 2 heterocycles. The minimum absolute atomic E-state index is 0.254. The fourth-order valence-electron chi connectivity index (χ4n) is 3.62. The van der Waals surface area contributed by atoms with E-state index in [0.29, 0.717) is 24.6 Å². The molecule has 21 heavy (non-hydrogen) atoms. The number of aromatic nitrogens is 3. The first-order chi connectivity index (χ1) is 10.3. The summed E-state index contributed by atoms with van der Waals surface area (Å²) >= 11 is 0. The van der Waals surface area contributed by atoms with Crippen molar-refractivity contribution in [2.24, 2.45) is 5.92 Å². The third-order valence-corrected chi connectivity index (χ3v) is 4.56. The molecule has 0 aromatic carbocycles. The summed E-state index contributed by atoms with van der Waals surface area (Å²) in [4.78, 5) is 15.3. The van der Waals surface area contributed by atoms with E-state index in [0.717, 1.165) is 18.9 Å². The van der Waals surface area contributed by atoms with E-state index < -0.39 is 0 Å². The van der Waals surface area contributed by atoms with Crippen molar-refractivity contribution in [1.82, 2.24) is 15.0 Å². The summed E-state index contributed by atoms with van der Waals surface area (Å²) in [6, 6.07) is 0.922. The molecule has 2 N–H and O–H groups in total. The molecule has 0 radical (unpaired) electrons. The van der Waals surface area contributed by atoms with Crippen molar-refractivity contribution in [2.75, 3.05) is 23.8 Å². The van der Waals surface area contributed by atoms with E-state index in [1.54, 1.807) is 0 Å². The highest BCUT2D eigenvalue weighted by atomic mass is 16.5. The Kier molecular flexibility index (Phi) is 4.41. The van der Waals surface area contributed by atoms with Crippen molar-refractivity contribution >= 4 is 11.9 Å². The molecule has 1 aromatic rings. The van der Waals surface area contributed by atoms with Gasteiger partial charge in [0.2, 0.25) is 11.9 Å². The Hall–Kier alpha value is -1.59. The maximum Gasteiger partial charge on any atom is 0.323 e. The van der Waals surface area contributed by atoms with Gasteiger partial charge in [0, 0.05) is 12.6 Å². The Labute approximate surface area is 126 Å². The van der Waals surface area contributed by atoms with Crippen LogP contribution in [0.2, 0.25) is 0 Å². The van der Waals surface area contributed by atoms with Crippen LogP contribution < -0.4 is 15.4 Å². The molecule has 2 fully saturated rings. The molecule has 1 aliphatic heterocycles. The van der Waals surface area contributed by atoms with Crippen LogP contribution in [0.15, 0.2) is 0 Å². The second-order valence-corrected chi connectivity index (χ2v) is 6.07. The van der Waals surface area contributed by atoms with Crippen molar-refractivity contribution in [3.63, 3.8) is 0 Å². The van der Waals surface area contributed by atoms with Gasteiger partial charge in [-0.15, -0.1) is 0 Å². The van der Waals surface area contributed by atoms with Crippen LogP contribution in [0.5, 0.6) is 6.01 Å². The number of hydrogen-bond donors (Lipinski definition) is 1. The van der Waals surface area contributed by atoms with E-state index in [1.807, 2.05) is 0 Å². The van der Waals surface area contributed by atoms with Crippen LogP contribution >= 0.6 is 0 Å². The zero-order valence-electron chi connectivity index (χ0n) is 12.8. The van der Waals surface area contributed by atoms with Gasteiger partial charge in [-0.3, -0.25) is 0 Å². The van der Waals surface area contributed by atoms with Gasteiger partial charge in [-0.2, -0.15) is 15.0 Å². The van der Waals surface area contributed by atoms with Gasteiger partial charge < -0.3 is 15.4 Å². The molecule has 3 rings (SSSR count). The van der Waals surface area contributed by atoms with Gasteiger partial charge >= 0.3 is 6.01 Å². The van der Waals surface area contributed by atoms with Gasteiger partial charge in [-0.05, 0) is 38.0 Å². The van der Waals surface area contributed by atoms with Crippen LogP contribution in [-0.2, 0) is 0 Å². The number of nitrogens with zero attached hydrogens (tertiary/aromatic N) is 4. The predicted molar refractivity (Wildman–Crippen MR) is 82.4 cm³/mol. The highest BCUT2D eigenvalue weighted by molar-refractivity contribution is 5.38. The lowest BCUT2D eigenvalue weighted by Gasteiger charge is -2.44. The number of ether oxygens (including phenoxy) is 1.